The molecule has 1 aromatic carbocycles. The van der Waals surface area contributed by atoms with Crippen molar-refractivity contribution in [3.8, 4) is 0 Å². The second-order valence-electron chi connectivity index (χ2n) is 3.69. The Labute approximate surface area is 97.4 Å². The van der Waals surface area contributed by atoms with Gasteiger partial charge in [0.2, 0.25) is 0 Å². The summed E-state index contributed by atoms with van der Waals surface area (Å²) in [5, 5.41) is 9.47. The molecule has 0 aliphatic heterocycles. The van der Waals surface area contributed by atoms with Crippen molar-refractivity contribution in [1.82, 2.24) is 4.72 Å². The molecule has 1 rings (SSSR count). The Morgan fingerprint density at radius 1 is 1.50 bits per heavy atom. The zero-order chi connectivity index (χ0) is 10.6. The van der Waals surface area contributed by atoms with E-state index < -0.39 is 5.60 Å². The second-order valence-corrected chi connectivity index (χ2v) is 5.57. The van der Waals surface area contributed by atoms with E-state index in [4.69, 9.17) is 0 Å². The van der Waals surface area contributed by atoms with Gasteiger partial charge >= 0.3 is 0 Å². The number of nitrogens with one attached hydrogen (secondary N) is 1. The largest absolute Gasteiger partial charge is 0.389 e. The number of halogens is 1. The molecule has 0 aromatic heterocycles. The molecule has 0 atom stereocenters. The fourth-order valence-electron chi connectivity index (χ4n) is 0.827. The van der Waals surface area contributed by atoms with Crippen LogP contribution in [0.15, 0.2) is 33.6 Å². The maximum Gasteiger partial charge on any atom is 0.0725 e. The molecule has 2 N–H and O–H groups in total. The third-order valence-corrected chi connectivity index (χ3v) is 2.76. The first kappa shape index (κ1) is 12.0. The van der Waals surface area contributed by atoms with E-state index in [1.54, 1.807) is 13.8 Å². The molecule has 4 heteroatoms. The summed E-state index contributed by atoms with van der Waals surface area (Å²) in [7, 11) is 0. The topological polar surface area (TPSA) is 32.3 Å². The van der Waals surface area contributed by atoms with Crippen LogP contribution in [0.1, 0.15) is 13.8 Å². The van der Waals surface area contributed by atoms with Crippen LogP contribution in [0, 0.1) is 0 Å². The van der Waals surface area contributed by atoms with Crippen molar-refractivity contribution in [2.45, 2.75) is 24.3 Å². The van der Waals surface area contributed by atoms with Gasteiger partial charge in [-0.15, -0.1) is 0 Å². The summed E-state index contributed by atoms with van der Waals surface area (Å²) in [6, 6.07) is 8.02. The van der Waals surface area contributed by atoms with E-state index in [9.17, 15) is 5.11 Å². The van der Waals surface area contributed by atoms with Crippen molar-refractivity contribution in [1.29, 1.82) is 0 Å². The van der Waals surface area contributed by atoms with Crippen molar-refractivity contribution in [3.63, 3.8) is 0 Å². The highest BCUT2D eigenvalue weighted by Gasteiger charge is 2.11. The summed E-state index contributed by atoms with van der Waals surface area (Å²) < 4.78 is 4.18. The smallest absolute Gasteiger partial charge is 0.0725 e. The molecule has 0 aliphatic rings. The zero-order valence-corrected chi connectivity index (χ0v) is 10.7. The normalized spacial score (nSPS) is 11.7. The van der Waals surface area contributed by atoms with Crippen LogP contribution in [0.4, 0.5) is 0 Å². The fraction of sp³-hybridized carbons (Fsp3) is 0.400. The van der Waals surface area contributed by atoms with Crippen LogP contribution in [0.2, 0.25) is 0 Å². The van der Waals surface area contributed by atoms with Crippen molar-refractivity contribution >= 4 is 27.9 Å². The molecule has 2 nitrogen and oxygen atoms in total. The van der Waals surface area contributed by atoms with Crippen molar-refractivity contribution < 1.29 is 5.11 Å². The first-order valence-electron chi connectivity index (χ1n) is 4.35. The SMILES string of the molecule is CC(C)(O)CNSc1cccc(Br)c1. The molecule has 14 heavy (non-hydrogen) atoms. The Morgan fingerprint density at radius 3 is 2.79 bits per heavy atom. The molecule has 78 valence electrons. The number of aliphatic hydroxyl groups is 1. The zero-order valence-electron chi connectivity index (χ0n) is 8.25. The van der Waals surface area contributed by atoms with Gasteiger partial charge in [-0.25, -0.2) is 0 Å². The molecule has 0 radical (unpaired) electrons. The number of rotatable bonds is 4. The van der Waals surface area contributed by atoms with Gasteiger partial charge < -0.3 is 5.11 Å². The fourth-order valence-corrected chi connectivity index (χ4v) is 2.30. The highest BCUT2D eigenvalue weighted by molar-refractivity contribution is 9.10. The summed E-state index contributed by atoms with van der Waals surface area (Å²) in [5.74, 6) is 0. The minimum absolute atomic E-state index is 0.560. The summed E-state index contributed by atoms with van der Waals surface area (Å²) in [6.07, 6.45) is 0. The maximum atomic E-state index is 9.47. The molecule has 0 saturated heterocycles. The third kappa shape index (κ3) is 5.00. The van der Waals surface area contributed by atoms with E-state index in [2.05, 4.69) is 20.7 Å². The summed E-state index contributed by atoms with van der Waals surface area (Å²) in [5.41, 5.74) is -0.668. The van der Waals surface area contributed by atoms with E-state index in [1.807, 2.05) is 24.3 Å². The van der Waals surface area contributed by atoms with Crippen LogP contribution in [-0.4, -0.2) is 17.3 Å². The first-order valence-corrected chi connectivity index (χ1v) is 5.96. The second kappa shape index (κ2) is 5.16. The lowest BCUT2D eigenvalue weighted by molar-refractivity contribution is 0.0865. The Morgan fingerprint density at radius 2 is 2.21 bits per heavy atom. The van der Waals surface area contributed by atoms with Gasteiger partial charge in [0.1, 0.15) is 0 Å². The average molecular weight is 276 g/mol. The maximum absolute atomic E-state index is 9.47. The van der Waals surface area contributed by atoms with Crippen molar-refractivity contribution in [3.05, 3.63) is 28.7 Å². The number of benzene rings is 1. The molecule has 0 spiro atoms. The highest BCUT2D eigenvalue weighted by Crippen LogP contribution is 2.19. The highest BCUT2D eigenvalue weighted by atomic mass is 79.9. The minimum atomic E-state index is -0.668. The molecule has 0 saturated carbocycles. The Bertz CT molecular complexity index is 298. The molecule has 1 aromatic rings. The predicted molar refractivity (Wildman–Crippen MR) is 64.3 cm³/mol. The summed E-state index contributed by atoms with van der Waals surface area (Å²) >= 11 is 4.92. The van der Waals surface area contributed by atoms with Gasteiger partial charge in [-0.2, -0.15) is 0 Å². The standard InChI is InChI=1S/C10H14BrNOS/c1-10(2,13)7-12-14-9-5-3-4-8(11)6-9/h3-6,12-13H,7H2,1-2H3. The van der Waals surface area contributed by atoms with Gasteiger partial charge in [0.05, 0.1) is 5.60 Å². The molecule has 0 heterocycles. The lowest BCUT2D eigenvalue weighted by Crippen LogP contribution is -2.31. The lowest BCUT2D eigenvalue weighted by atomic mass is 10.1. The van der Waals surface area contributed by atoms with Gasteiger partial charge in [-0.1, -0.05) is 22.0 Å². The van der Waals surface area contributed by atoms with Crippen LogP contribution >= 0.6 is 27.9 Å². The van der Waals surface area contributed by atoms with Gasteiger partial charge in [0, 0.05) is 15.9 Å². The van der Waals surface area contributed by atoms with Crippen LogP contribution in [-0.2, 0) is 0 Å². The molecule has 0 fully saturated rings. The van der Waals surface area contributed by atoms with Crippen LogP contribution in [0.25, 0.3) is 0 Å². The van der Waals surface area contributed by atoms with E-state index in [-0.39, 0.29) is 0 Å². The molecule has 0 unspecified atom stereocenters. The van der Waals surface area contributed by atoms with Gasteiger partial charge in [0.15, 0.2) is 0 Å². The average Bonchev–Trinajstić information content (AvgIpc) is 2.01. The number of hydrogen-bond acceptors (Lipinski definition) is 3. The third-order valence-electron chi connectivity index (χ3n) is 1.49. The molecule has 0 bridgehead atoms. The first-order chi connectivity index (χ1) is 6.47. The van der Waals surface area contributed by atoms with E-state index in [0.717, 1.165) is 9.37 Å². The van der Waals surface area contributed by atoms with Gasteiger partial charge in [-0.3, -0.25) is 4.72 Å². The van der Waals surface area contributed by atoms with E-state index in [0.29, 0.717) is 6.54 Å². The van der Waals surface area contributed by atoms with Gasteiger partial charge in [0.25, 0.3) is 0 Å². The molecular formula is C10H14BrNOS. The van der Waals surface area contributed by atoms with Gasteiger partial charge in [-0.05, 0) is 44.0 Å². The molecular weight excluding hydrogens is 262 g/mol. The molecule has 0 amide bonds. The minimum Gasteiger partial charge on any atom is -0.389 e. The molecule has 0 aliphatic carbocycles. The number of hydrogen-bond donors (Lipinski definition) is 2. The Kier molecular flexibility index (Phi) is 4.44. The van der Waals surface area contributed by atoms with Crippen LogP contribution in [0.5, 0.6) is 0 Å². The van der Waals surface area contributed by atoms with Crippen LogP contribution in [0.3, 0.4) is 0 Å². The Balaban J connectivity index is 2.39. The summed E-state index contributed by atoms with van der Waals surface area (Å²) in [4.78, 5) is 1.13. The predicted octanol–water partition coefficient (Wildman–Crippen LogP) is 2.82. The van der Waals surface area contributed by atoms with E-state index >= 15 is 0 Å². The monoisotopic (exact) mass is 275 g/mol. The van der Waals surface area contributed by atoms with Crippen LogP contribution < -0.4 is 4.72 Å². The van der Waals surface area contributed by atoms with Crippen molar-refractivity contribution in [2.75, 3.05) is 6.54 Å². The summed E-state index contributed by atoms with van der Waals surface area (Å²) in [6.45, 7) is 4.12. The van der Waals surface area contributed by atoms with Crippen molar-refractivity contribution in [2.24, 2.45) is 0 Å². The lowest BCUT2D eigenvalue weighted by Gasteiger charge is -2.16. The Hall–Kier alpha value is -0.0300. The van der Waals surface area contributed by atoms with E-state index in [1.165, 1.54) is 11.9 Å². The quantitative estimate of drug-likeness (QED) is 0.829.